The Morgan fingerprint density at radius 3 is 2.58 bits per heavy atom. The summed E-state index contributed by atoms with van der Waals surface area (Å²) in [6.07, 6.45) is -1.04. The molecule has 0 radical (unpaired) electrons. The molecule has 0 aliphatic heterocycles. The first kappa shape index (κ1) is 13.7. The lowest BCUT2D eigenvalue weighted by Crippen LogP contribution is -2.27. The van der Waals surface area contributed by atoms with E-state index in [1.807, 2.05) is 6.07 Å². The minimum absolute atomic E-state index is 0.0399. The Hall–Kier alpha value is -1.75. The van der Waals surface area contributed by atoms with Gasteiger partial charge in [0.1, 0.15) is 12.4 Å². The standard InChI is InChI=1S/C14H15F2NO2/c1-10-12(9-19-17-10)13(18)14(15,16)8-7-11-5-3-2-4-6-11/h2-6,9,13,18H,7-8H2,1H3. The van der Waals surface area contributed by atoms with E-state index >= 15 is 0 Å². The summed E-state index contributed by atoms with van der Waals surface area (Å²) in [5.74, 6) is -3.22. The highest BCUT2D eigenvalue weighted by Crippen LogP contribution is 2.36. The van der Waals surface area contributed by atoms with Crippen molar-refractivity contribution in [3.63, 3.8) is 0 Å². The Morgan fingerprint density at radius 1 is 1.32 bits per heavy atom. The van der Waals surface area contributed by atoms with Gasteiger partial charge < -0.3 is 9.63 Å². The van der Waals surface area contributed by atoms with Crippen molar-refractivity contribution < 1.29 is 18.4 Å². The first-order valence-electron chi connectivity index (χ1n) is 6.01. The number of hydrogen-bond donors (Lipinski definition) is 1. The molecule has 1 aromatic carbocycles. The van der Waals surface area contributed by atoms with Crippen molar-refractivity contribution in [3.05, 3.63) is 53.4 Å². The normalized spacial score (nSPS) is 13.5. The van der Waals surface area contributed by atoms with Crippen LogP contribution in [0, 0.1) is 6.92 Å². The molecule has 3 nitrogen and oxygen atoms in total. The van der Waals surface area contributed by atoms with Crippen molar-refractivity contribution in [2.45, 2.75) is 31.8 Å². The third kappa shape index (κ3) is 3.17. The van der Waals surface area contributed by atoms with Crippen LogP contribution in [0.3, 0.4) is 0 Å². The van der Waals surface area contributed by atoms with Gasteiger partial charge in [-0.3, -0.25) is 0 Å². The molecule has 0 saturated carbocycles. The lowest BCUT2D eigenvalue weighted by Gasteiger charge is -2.21. The molecule has 102 valence electrons. The topological polar surface area (TPSA) is 46.3 Å². The quantitative estimate of drug-likeness (QED) is 0.904. The smallest absolute Gasteiger partial charge is 0.278 e. The number of rotatable bonds is 5. The van der Waals surface area contributed by atoms with Crippen molar-refractivity contribution in [1.82, 2.24) is 5.16 Å². The molecule has 0 fully saturated rings. The number of aliphatic hydroxyl groups excluding tert-OH is 1. The Morgan fingerprint density at radius 2 is 2.00 bits per heavy atom. The van der Waals surface area contributed by atoms with Gasteiger partial charge in [0.15, 0.2) is 0 Å². The number of alkyl halides is 2. The van der Waals surface area contributed by atoms with Crippen molar-refractivity contribution in [1.29, 1.82) is 0 Å². The highest BCUT2D eigenvalue weighted by Gasteiger charge is 2.40. The lowest BCUT2D eigenvalue weighted by molar-refractivity contribution is -0.116. The fourth-order valence-electron chi connectivity index (χ4n) is 1.88. The largest absolute Gasteiger partial charge is 0.382 e. The second-order valence-electron chi connectivity index (χ2n) is 4.50. The molecule has 1 atom stereocenters. The number of aliphatic hydroxyl groups is 1. The summed E-state index contributed by atoms with van der Waals surface area (Å²) in [7, 11) is 0. The van der Waals surface area contributed by atoms with E-state index in [1.54, 1.807) is 24.3 Å². The molecule has 5 heteroatoms. The minimum atomic E-state index is -3.22. The van der Waals surface area contributed by atoms with Crippen LogP contribution in [0.5, 0.6) is 0 Å². The van der Waals surface area contributed by atoms with Gasteiger partial charge >= 0.3 is 0 Å². The molecule has 2 rings (SSSR count). The third-order valence-electron chi connectivity index (χ3n) is 3.07. The van der Waals surface area contributed by atoms with Gasteiger partial charge in [-0.1, -0.05) is 35.5 Å². The van der Waals surface area contributed by atoms with Gasteiger partial charge in [0.2, 0.25) is 0 Å². The zero-order valence-electron chi connectivity index (χ0n) is 10.5. The second-order valence-corrected chi connectivity index (χ2v) is 4.50. The average molecular weight is 267 g/mol. The van der Waals surface area contributed by atoms with Crippen LogP contribution in [0.1, 0.15) is 29.3 Å². The fraction of sp³-hybridized carbons (Fsp3) is 0.357. The molecule has 1 N–H and O–H groups in total. The lowest BCUT2D eigenvalue weighted by atomic mass is 9.98. The van der Waals surface area contributed by atoms with Crippen LogP contribution in [0.25, 0.3) is 0 Å². The van der Waals surface area contributed by atoms with Crippen LogP contribution in [0.15, 0.2) is 41.1 Å². The van der Waals surface area contributed by atoms with Crippen molar-refractivity contribution in [3.8, 4) is 0 Å². The molecule has 2 aromatic rings. The molecule has 1 unspecified atom stereocenters. The number of hydrogen-bond acceptors (Lipinski definition) is 3. The SMILES string of the molecule is Cc1nocc1C(O)C(F)(F)CCc1ccccc1. The van der Waals surface area contributed by atoms with Gasteiger partial charge in [0, 0.05) is 12.0 Å². The Kier molecular flexibility index (Phi) is 3.95. The number of aromatic nitrogens is 1. The molecular formula is C14H15F2NO2. The van der Waals surface area contributed by atoms with Crippen molar-refractivity contribution in [2.24, 2.45) is 0 Å². The van der Waals surface area contributed by atoms with Gasteiger partial charge in [-0.05, 0) is 18.9 Å². The Bertz CT molecular complexity index is 525. The summed E-state index contributed by atoms with van der Waals surface area (Å²) in [4.78, 5) is 0. The Balaban J connectivity index is 2.04. The predicted molar refractivity (Wildman–Crippen MR) is 65.9 cm³/mol. The maximum atomic E-state index is 13.9. The average Bonchev–Trinajstić information content (AvgIpc) is 2.83. The molecule has 0 spiro atoms. The van der Waals surface area contributed by atoms with Crippen LogP contribution >= 0.6 is 0 Å². The van der Waals surface area contributed by atoms with Gasteiger partial charge in [-0.25, -0.2) is 8.78 Å². The zero-order chi connectivity index (χ0) is 13.9. The highest BCUT2D eigenvalue weighted by molar-refractivity contribution is 5.19. The molecule has 0 bridgehead atoms. The highest BCUT2D eigenvalue weighted by atomic mass is 19.3. The summed E-state index contributed by atoms with van der Waals surface area (Å²) < 4.78 is 32.4. The maximum Gasteiger partial charge on any atom is 0.278 e. The first-order chi connectivity index (χ1) is 9.00. The van der Waals surface area contributed by atoms with E-state index in [0.29, 0.717) is 0 Å². The van der Waals surface area contributed by atoms with Gasteiger partial charge in [0.25, 0.3) is 5.92 Å². The fourth-order valence-corrected chi connectivity index (χ4v) is 1.88. The number of nitrogens with zero attached hydrogens (tertiary/aromatic N) is 1. The molecule has 0 amide bonds. The number of aryl methyl sites for hydroxylation is 2. The summed E-state index contributed by atoms with van der Waals surface area (Å²) in [5, 5.41) is 13.2. The van der Waals surface area contributed by atoms with E-state index in [4.69, 9.17) is 0 Å². The molecular weight excluding hydrogens is 252 g/mol. The van der Waals surface area contributed by atoms with E-state index in [1.165, 1.54) is 6.92 Å². The number of benzene rings is 1. The number of halogens is 2. The summed E-state index contributed by atoms with van der Waals surface area (Å²) in [5.41, 5.74) is 1.14. The summed E-state index contributed by atoms with van der Waals surface area (Å²) in [6, 6.07) is 9.00. The van der Waals surface area contributed by atoms with Crippen LogP contribution in [-0.2, 0) is 6.42 Å². The van der Waals surface area contributed by atoms with E-state index < -0.39 is 18.4 Å². The van der Waals surface area contributed by atoms with Gasteiger partial charge in [0.05, 0.1) is 5.69 Å². The first-order valence-corrected chi connectivity index (χ1v) is 6.01. The molecule has 1 heterocycles. The van der Waals surface area contributed by atoms with Gasteiger partial charge in [-0.15, -0.1) is 0 Å². The maximum absolute atomic E-state index is 13.9. The van der Waals surface area contributed by atoms with Crippen molar-refractivity contribution in [2.75, 3.05) is 0 Å². The van der Waals surface area contributed by atoms with E-state index in [9.17, 15) is 13.9 Å². The van der Waals surface area contributed by atoms with Crippen LogP contribution in [0.2, 0.25) is 0 Å². The molecule has 0 aliphatic carbocycles. The summed E-state index contributed by atoms with van der Waals surface area (Å²) >= 11 is 0. The molecule has 19 heavy (non-hydrogen) atoms. The minimum Gasteiger partial charge on any atom is -0.382 e. The predicted octanol–water partition coefficient (Wildman–Crippen LogP) is 3.28. The zero-order valence-corrected chi connectivity index (χ0v) is 10.5. The van der Waals surface area contributed by atoms with Crippen molar-refractivity contribution >= 4 is 0 Å². The Labute approximate surface area is 109 Å². The molecule has 0 aliphatic rings. The summed E-state index contributed by atoms with van der Waals surface area (Å²) in [6.45, 7) is 1.52. The second kappa shape index (κ2) is 5.48. The third-order valence-corrected chi connectivity index (χ3v) is 3.07. The van der Waals surface area contributed by atoms with Crippen LogP contribution in [-0.4, -0.2) is 16.2 Å². The van der Waals surface area contributed by atoms with Crippen LogP contribution < -0.4 is 0 Å². The van der Waals surface area contributed by atoms with Crippen LogP contribution in [0.4, 0.5) is 8.78 Å². The van der Waals surface area contributed by atoms with E-state index in [-0.39, 0.29) is 17.7 Å². The van der Waals surface area contributed by atoms with Gasteiger partial charge in [-0.2, -0.15) is 0 Å². The molecule has 1 aromatic heterocycles. The monoisotopic (exact) mass is 267 g/mol. The van der Waals surface area contributed by atoms with E-state index in [0.717, 1.165) is 11.8 Å². The van der Waals surface area contributed by atoms with E-state index in [2.05, 4.69) is 9.68 Å². The molecule has 0 saturated heterocycles.